The minimum atomic E-state index is -0.353. The standard InChI is InChI=1S/C19H19ClN4O2S/c1-12(18(25)21-13-8-10-14(26-3)11-9-13)27-19-23-22-17(24(19)2)15-6-4-5-7-16(15)20/h4-12H,1-3H3,(H,21,25)/t12-/m1/s1. The highest BCUT2D eigenvalue weighted by Crippen LogP contribution is 2.30. The lowest BCUT2D eigenvalue weighted by molar-refractivity contribution is -0.115. The van der Waals surface area contributed by atoms with Gasteiger partial charge < -0.3 is 14.6 Å². The van der Waals surface area contributed by atoms with Crippen LogP contribution in [0.1, 0.15) is 6.92 Å². The topological polar surface area (TPSA) is 69.0 Å². The molecule has 1 aromatic heterocycles. The molecule has 140 valence electrons. The van der Waals surface area contributed by atoms with Crippen molar-refractivity contribution in [3.8, 4) is 17.1 Å². The van der Waals surface area contributed by atoms with E-state index in [0.717, 1.165) is 11.3 Å². The lowest BCUT2D eigenvalue weighted by Crippen LogP contribution is -2.22. The van der Waals surface area contributed by atoms with E-state index in [4.69, 9.17) is 16.3 Å². The second-order valence-corrected chi connectivity index (χ2v) is 7.54. The number of hydrogen-bond donors (Lipinski definition) is 1. The Balaban J connectivity index is 1.69. The van der Waals surface area contributed by atoms with Crippen molar-refractivity contribution in [1.82, 2.24) is 14.8 Å². The van der Waals surface area contributed by atoms with Gasteiger partial charge in [0.25, 0.3) is 0 Å². The number of halogens is 1. The highest BCUT2D eigenvalue weighted by molar-refractivity contribution is 8.00. The average molecular weight is 403 g/mol. The van der Waals surface area contributed by atoms with Crippen LogP contribution in [-0.2, 0) is 11.8 Å². The Hall–Kier alpha value is -2.51. The van der Waals surface area contributed by atoms with Crippen LogP contribution in [0, 0.1) is 0 Å². The number of carbonyl (C=O) groups is 1. The molecule has 0 saturated heterocycles. The monoisotopic (exact) mass is 402 g/mol. The number of benzene rings is 2. The van der Waals surface area contributed by atoms with Gasteiger partial charge in [0.2, 0.25) is 5.91 Å². The van der Waals surface area contributed by atoms with Crippen LogP contribution in [0.3, 0.4) is 0 Å². The van der Waals surface area contributed by atoms with E-state index in [0.29, 0.717) is 21.7 Å². The van der Waals surface area contributed by atoms with Gasteiger partial charge in [-0.05, 0) is 43.3 Å². The molecule has 0 unspecified atom stereocenters. The van der Waals surface area contributed by atoms with Crippen LogP contribution >= 0.6 is 23.4 Å². The van der Waals surface area contributed by atoms with Crippen LogP contribution in [0.2, 0.25) is 5.02 Å². The average Bonchev–Trinajstić information content (AvgIpc) is 3.03. The first kappa shape index (κ1) is 19.3. The van der Waals surface area contributed by atoms with Gasteiger partial charge in [-0.25, -0.2) is 0 Å². The molecular formula is C19H19ClN4O2S. The fraction of sp³-hybridized carbons (Fsp3) is 0.211. The van der Waals surface area contributed by atoms with Crippen LogP contribution in [0.5, 0.6) is 5.75 Å². The first-order valence-electron chi connectivity index (χ1n) is 8.25. The van der Waals surface area contributed by atoms with Crippen molar-refractivity contribution in [3.05, 3.63) is 53.6 Å². The van der Waals surface area contributed by atoms with Gasteiger partial charge in [0, 0.05) is 18.3 Å². The van der Waals surface area contributed by atoms with E-state index in [2.05, 4.69) is 15.5 Å². The van der Waals surface area contributed by atoms with Crippen molar-refractivity contribution < 1.29 is 9.53 Å². The van der Waals surface area contributed by atoms with Crippen molar-refractivity contribution in [2.75, 3.05) is 12.4 Å². The van der Waals surface area contributed by atoms with E-state index in [1.54, 1.807) is 31.4 Å². The highest BCUT2D eigenvalue weighted by atomic mass is 35.5. The van der Waals surface area contributed by atoms with Gasteiger partial charge in [0.1, 0.15) is 5.75 Å². The number of thioether (sulfide) groups is 1. The quantitative estimate of drug-likeness (QED) is 0.624. The first-order valence-corrected chi connectivity index (χ1v) is 9.51. The molecule has 0 bridgehead atoms. The van der Waals surface area contributed by atoms with Crippen LogP contribution in [0.15, 0.2) is 53.7 Å². The van der Waals surface area contributed by atoms with Gasteiger partial charge in [-0.3, -0.25) is 4.79 Å². The summed E-state index contributed by atoms with van der Waals surface area (Å²) in [5.41, 5.74) is 1.51. The van der Waals surface area contributed by atoms with Gasteiger partial charge in [0.15, 0.2) is 11.0 Å². The van der Waals surface area contributed by atoms with E-state index in [-0.39, 0.29) is 11.2 Å². The highest BCUT2D eigenvalue weighted by Gasteiger charge is 2.20. The third kappa shape index (κ3) is 4.43. The zero-order chi connectivity index (χ0) is 19.4. The summed E-state index contributed by atoms with van der Waals surface area (Å²) in [6.07, 6.45) is 0. The maximum absolute atomic E-state index is 12.5. The van der Waals surface area contributed by atoms with Gasteiger partial charge in [-0.1, -0.05) is 35.5 Å². The summed E-state index contributed by atoms with van der Waals surface area (Å²) in [6.45, 7) is 1.83. The Morgan fingerprint density at radius 3 is 2.56 bits per heavy atom. The molecule has 1 heterocycles. The van der Waals surface area contributed by atoms with Gasteiger partial charge in [-0.2, -0.15) is 0 Å². The molecule has 8 heteroatoms. The largest absolute Gasteiger partial charge is 0.497 e. The number of aromatic nitrogens is 3. The molecule has 0 radical (unpaired) electrons. The lowest BCUT2D eigenvalue weighted by atomic mass is 10.2. The van der Waals surface area contributed by atoms with Crippen LogP contribution in [0.25, 0.3) is 11.4 Å². The Labute approximate surface area is 166 Å². The van der Waals surface area contributed by atoms with Crippen molar-refractivity contribution in [2.45, 2.75) is 17.3 Å². The predicted molar refractivity (Wildman–Crippen MR) is 108 cm³/mol. The van der Waals surface area contributed by atoms with E-state index in [9.17, 15) is 4.79 Å². The van der Waals surface area contributed by atoms with Gasteiger partial charge in [0.05, 0.1) is 17.4 Å². The number of nitrogens with zero attached hydrogens (tertiary/aromatic N) is 3. The minimum Gasteiger partial charge on any atom is -0.497 e. The number of carbonyl (C=O) groups excluding carboxylic acids is 1. The lowest BCUT2D eigenvalue weighted by Gasteiger charge is -2.12. The molecule has 0 saturated carbocycles. The molecule has 1 N–H and O–H groups in total. The Bertz CT molecular complexity index is 943. The minimum absolute atomic E-state index is 0.118. The first-order chi connectivity index (χ1) is 13.0. The number of ether oxygens (including phenoxy) is 1. The summed E-state index contributed by atoms with van der Waals surface area (Å²) in [4.78, 5) is 12.5. The zero-order valence-electron chi connectivity index (χ0n) is 15.1. The predicted octanol–water partition coefficient (Wildman–Crippen LogP) is 4.26. The molecule has 0 fully saturated rings. The number of rotatable bonds is 6. The number of methoxy groups -OCH3 is 1. The zero-order valence-corrected chi connectivity index (χ0v) is 16.7. The summed E-state index contributed by atoms with van der Waals surface area (Å²) >= 11 is 7.58. The SMILES string of the molecule is COc1ccc(NC(=O)[C@@H](C)Sc2nnc(-c3ccccc3Cl)n2C)cc1. The van der Waals surface area contributed by atoms with Crippen LogP contribution in [-0.4, -0.2) is 33.0 Å². The maximum Gasteiger partial charge on any atom is 0.237 e. The van der Waals surface area contributed by atoms with E-state index >= 15 is 0 Å². The Morgan fingerprint density at radius 2 is 1.89 bits per heavy atom. The number of hydrogen-bond acceptors (Lipinski definition) is 5. The van der Waals surface area contributed by atoms with Gasteiger partial charge in [-0.15, -0.1) is 10.2 Å². The third-order valence-electron chi connectivity index (χ3n) is 3.96. The maximum atomic E-state index is 12.5. The number of nitrogens with one attached hydrogen (secondary N) is 1. The molecule has 1 amide bonds. The van der Waals surface area contributed by atoms with Gasteiger partial charge >= 0.3 is 0 Å². The summed E-state index contributed by atoms with van der Waals surface area (Å²) < 4.78 is 6.95. The van der Waals surface area contributed by atoms with E-state index < -0.39 is 0 Å². The summed E-state index contributed by atoms with van der Waals surface area (Å²) in [5, 5.41) is 12.2. The summed E-state index contributed by atoms with van der Waals surface area (Å²) in [7, 11) is 3.46. The third-order valence-corrected chi connectivity index (χ3v) is 5.42. The van der Waals surface area contributed by atoms with Crippen molar-refractivity contribution in [1.29, 1.82) is 0 Å². The van der Waals surface area contributed by atoms with Crippen molar-refractivity contribution in [2.24, 2.45) is 7.05 Å². The Kier molecular flexibility index (Phi) is 6.03. The van der Waals surface area contributed by atoms with Crippen molar-refractivity contribution in [3.63, 3.8) is 0 Å². The molecule has 2 aromatic carbocycles. The molecule has 6 nitrogen and oxygen atoms in total. The molecule has 1 atom stereocenters. The van der Waals surface area contributed by atoms with Crippen LogP contribution in [0.4, 0.5) is 5.69 Å². The molecule has 3 aromatic rings. The fourth-order valence-corrected chi connectivity index (χ4v) is 3.46. The summed E-state index contributed by atoms with van der Waals surface area (Å²) in [6, 6.07) is 14.6. The molecule has 0 aliphatic heterocycles. The Morgan fingerprint density at radius 1 is 1.19 bits per heavy atom. The molecule has 0 aliphatic carbocycles. The normalized spacial score (nSPS) is 11.9. The second kappa shape index (κ2) is 8.45. The van der Waals surface area contributed by atoms with E-state index in [1.807, 2.05) is 42.8 Å². The van der Waals surface area contributed by atoms with Crippen LogP contribution < -0.4 is 10.1 Å². The molecule has 0 spiro atoms. The number of amides is 1. The molecule has 3 rings (SSSR count). The van der Waals surface area contributed by atoms with E-state index in [1.165, 1.54) is 11.8 Å². The van der Waals surface area contributed by atoms with Crippen molar-refractivity contribution >= 4 is 35.0 Å². The fourth-order valence-electron chi connectivity index (χ4n) is 2.42. The number of anilines is 1. The summed E-state index contributed by atoms with van der Waals surface area (Å²) in [5.74, 6) is 1.28. The second-order valence-electron chi connectivity index (χ2n) is 5.82. The molecular weight excluding hydrogens is 384 g/mol. The molecule has 27 heavy (non-hydrogen) atoms. The smallest absolute Gasteiger partial charge is 0.237 e. The molecule has 0 aliphatic rings.